The minimum absolute atomic E-state index is 0.111. The average molecular weight is 1010 g/mol. The largest absolute Gasteiger partial charge is 0.288 e. The summed E-state index contributed by atoms with van der Waals surface area (Å²) in [5.41, 5.74) is 2.79. The van der Waals surface area contributed by atoms with Gasteiger partial charge in [-0.2, -0.15) is 0 Å². The van der Waals surface area contributed by atoms with Gasteiger partial charge in [0.15, 0.2) is 11.6 Å². The zero-order chi connectivity index (χ0) is 47.3. The van der Waals surface area contributed by atoms with Crippen molar-refractivity contribution in [2.75, 3.05) is 0 Å². The first kappa shape index (κ1) is 47.2. The van der Waals surface area contributed by atoms with Crippen LogP contribution >= 0.6 is 92.8 Å². The molecule has 0 saturated heterocycles. The van der Waals surface area contributed by atoms with Crippen molar-refractivity contribution in [1.82, 2.24) is 0 Å². The van der Waals surface area contributed by atoms with E-state index in [0.717, 1.165) is 12.2 Å². The second kappa shape index (κ2) is 17.2. The lowest BCUT2D eigenvalue weighted by Crippen LogP contribution is -2.21. The third kappa shape index (κ3) is 7.52. The summed E-state index contributed by atoms with van der Waals surface area (Å²) in [6.07, 6.45) is 1.87. The highest BCUT2D eigenvalue weighted by molar-refractivity contribution is 6.70. The fourth-order valence-corrected chi connectivity index (χ4v) is 9.97. The summed E-state index contributed by atoms with van der Waals surface area (Å²) in [7, 11) is 0. The molecule has 0 aliphatic heterocycles. The van der Waals surface area contributed by atoms with Gasteiger partial charge >= 0.3 is 0 Å². The number of hydrogen-bond acceptors (Lipinski definition) is 8. The molecule has 4 aliphatic rings. The van der Waals surface area contributed by atoms with Crippen molar-refractivity contribution in [3.63, 3.8) is 0 Å². The van der Waals surface area contributed by atoms with Crippen molar-refractivity contribution in [2.45, 2.75) is 41.5 Å². The molecule has 3 aromatic carbocycles. The molecule has 0 saturated carbocycles. The summed E-state index contributed by atoms with van der Waals surface area (Å²) < 4.78 is 0. The molecule has 0 bridgehead atoms. The van der Waals surface area contributed by atoms with E-state index in [0.29, 0.717) is 33.4 Å². The van der Waals surface area contributed by atoms with Crippen molar-refractivity contribution in [2.24, 2.45) is 0 Å². The number of carbonyl (C=O) groups excluding carboxylic acids is 8. The summed E-state index contributed by atoms with van der Waals surface area (Å²) in [6, 6.07) is 9.15. The Balaban J connectivity index is 1.24. The van der Waals surface area contributed by atoms with Crippen LogP contribution in [0.5, 0.6) is 0 Å². The Labute approximate surface area is 405 Å². The maximum absolute atomic E-state index is 14.2. The zero-order valence-corrected chi connectivity index (χ0v) is 40.0. The van der Waals surface area contributed by atoms with Crippen LogP contribution in [0.15, 0.2) is 88.8 Å². The number of halogens is 8. The summed E-state index contributed by atoms with van der Waals surface area (Å²) in [5, 5.41) is -3.02. The summed E-state index contributed by atoms with van der Waals surface area (Å²) >= 11 is 51.5. The second-order valence-corrected chi connectivity index (χ2v) is 18.4. The van der Waals surface area contributed by atoms with E-state index in [1.807, 2.05) is 0 Å². The molecule has 7 rings (SSSR count). The minimum Gasteiger partial charge on any atom is -0.288 e. The molecular weight excluding hydrogens is 988 g/mol. The Morgan fingerprint density at radius 2 is 0.438 bits per heavy atom. The van der Waals surface area contributed by atoms with Gasteiger partial charge in [-0.05, 0) is 108 Å². The molecule has 4 aliphatic carbocycles. The maximum atomic E-state index is 14.2. The van der Waals surface area contributed by atoms with Gasteiger partial charge in [-0.15, -0.1) is 0 Å². The molecule has 0 amide bonds. The predicted molar refractivity (Wildman–Crippen MR) is 252 cm³/mol. The van der Waals surface area contributed by atoms with E-state index < -0.39 is 66.4 Å². The smallest absolute Gasteiger partial charge is 0.207 e. The van der Waals surface area contributed by atoms with Crippen molar-refractivity contribution in [1.29, 1.82) is 0 Å². The van der Waals surface area contributed by atoms with Gasteiger partial charge in [0.1, 0.15) is 20.1 Å². The molecule has 0 fully saturated rings. The van der Waals surface area contributed by atoms with E-state index >= 15 is 0 Å². The second-order valence-electron chi connectivity index (χ2n) is 15.3. The Bertz CT molecular complexity index is 3000. The molecule has 0 aromatic heterocycles. The van der Waals surface area contributed by atoms with E-state index in [1.54, 1.807) is 41.5 Å². The number of rotatable bonds is 6. The number of benzene rings is 3. The molecule has 16 heteroatoms. The molecule has 0 heterocycles. The lowest BCUT2D eigenvalue weighted by atomic mass is 9.81. The first-order chi connectivity index (χ1) is 29.9. The van der Waals surface area contributed by atoms with Gasteiger partial charge in [0.05, 0.1) is 53.6 Å². The SMILES string of the molecule is Cc1cc(C2=C(Cl)C(=O)C(c3cc(C)c(C4=C(Cl)C(=O)C(c5cc(C)c(C6=C(Cl)C(=O)C=C(Cl)C6=O)cc5C)=C(Cl)C4=O)cc3C)=C(Cl)C2=O)c(C)cc1C1=C(Cl)C(=O)C=C(Cl)C1=O. The monoisotopic (exact) mass is 1010 g/mol. The maximum Gasteiger partial charge on any atom is 0.207 e. The molecule has 0 radical (unpaired) electrons. The van der Waals surface area contributed by atoms with Crippen molar-refractivity contribution in [3.8, 4) is 0 Å². The summed E-state index contributed by atoms with van der Waals surface area (Å²) in [4.78, 5) is 107. The first-order valence-corrected chi connectivity index (χ1v) is 21.8. The van der Waals surface area contributed by atoms with Gasteiger partial charge in [-0.25, -0.2) is 0 Å². The normalized spacial score (nSPS) is 17.9. The fraction of sp³-hybridized carbons (Fsp3) is 0.125. The summed E-state index contributed by atoms with van der Waals surface area (Å²) in [5.74, 6) is -5.71. The molecule has 0 atom stereocenters. The van der Waals surface area contributed by atoms with E-state index in [1.165, 1.54) is 36.4 Å². The molecule has 0 unspecified atom stereocenters. The van der Waals surface area contributed by atoms with E-state index in [-0.39, 0.29) is 86.9 Å². The van der Waals surface area contributed by atoms with Crippen LogP contribution in [-0.2, 0) is 38.4 Å². The van der Waals surface area contributed by atoms with Crippen LogP contribution in [0.3, 0.4) is 0 Å². The van der Waals surface area contributed by atoms with Gasteiger partial charge in [-0.3, -0.25) is 38.4 Å². The van der Waals surface area contributed by atoms with E-state index in [2.05, 4.69) is 0 Å². The van der Waals surface area contributed by atoms with Crippen molar-refractivity contribution < 1.29 is 38.4 Å². The third-order valence-electron chi connectivity index (χ3n) is 11.2. The lowest BCUT2D eigenvalue weighted by Gasteiger charge is -2.24. The Hall–Kier alpha value is -4.74. The van der Waals surface area contributed by atoms with Gasteiger partial charge < -0.3 is 0 Å². The highest BCUT2D eigenvalue weighted by atomic mass is 35.5. The van der Waals surface area contributed by atoms with Gasteiger partial charge in [0.25, 0.3) is 0 Å². The van der Waals surface area contributed by atoms with Gasteiger partial charge in [0, 0.05) is 12.2 Å². The zero-order valence-electron chi connectivity index (χ0n) is 33.9. The van der Waals surface area contributed by atoms with Gasteiger partial charge in [0.2, 0.25) is 34.7 Å². The lowest BCUT2D eigenvalue weighted by molar-refractivity contribution is -0.113. The number of Topliss-reactive ketones (excluding diaryl/α,β-unsaturated/α-hetero) is 6. The molecule has 322 valence electrons. The Morgan fingerprint density at radius 1 is 0.266 bits per heavy atom. The first-order valence-electron chi connectivity index (χ1n) is 18.8. The molecule has 8 nitrogen and oxygen atoms in total. The highest BCUT2D eigenvalue weighted by Gasteiger charge is 2.40. The fourth-order valence-electron chi connectivity index (χ4n) is 7.97. The average Bonchev–Trinajstić information content (AvgIpc) is 3.23. The quantitative estimate of drug-likeness (QED) is 0.223. The number of carbonyl (C=O) groups is 8. The summed E-state index contributed by atoms with van der Waals surface area (Å²) in [6.45, 7) is 9.65. The Kier molecular flexibility index (Phi) is 12.7. The third-order valence-corrected chi connectivity index (χ3v) is 13.9. The van der Waals surface area contributed by atoms with Crippen molar-refractivity contribution in [3.05, 3.63) is 156 Å². The predicted octanol–water partition coefficient (Wildman–Crippen LogP) is 11.5. The van der Waals surface area contributed by atoms with Crippen molar-refractivity contribution >= 4 is 173 Å². The van der Waals surface area contributed by atoms with Crippen LogP contribution in [-0.4, -0.2) is 46.3 Å². The number of hydrogen-bond donors (Lipinski definition) is 0. The number of ketones is 8. The molecule has 3 aromatic rings. The molecule has 0 spiro atoms. The van der Waals surface area contributed by atoms with Crippen LogP contribution in [0.2, 0.25) is 0 Å². The van der Waals surface area contributed by atoms with Crippen LogP contribution in [0.1, 0.15) is 66.8 Å². The van der Waals surface area contributed by atoms with Crippen LogP contribution < -0.4 is 0 Å². The highest BCUT2D eigenvalue weighted by Crippen LogP contribution is 2.46. The van der Waals surface area contributed by atoms with Crippen LogP contribution in [0.25, 0.3) is 33.4 Å². The standard InChI is InChI=1S/C48H26Cl8O8/c1-15-9-23(17(3)7-21(15)31-37(51)29(57)13-27(49)43(31)59)33-39(53)47(63)35(41(55)45(33)61)25-11-20(6)26(12-19(25)5)36-42(56)46(62)34(40(54)48(36)64)24-10-16(2)22(8-18(24)4)32-38(52)30(58)14-28(50)44(32)60/h7-14H,1-6H3. The molecule has 64 heavy (non-hydrogen) atoms. The molecular formula is C48H26Cl8O8. The van der Waals surface area contributed by atoms with E-state index in [9.17, 15) is 38.4 Å². The topological polar surface area (TPSA) is 137 Å². The van der Waals surface area contributed by atoms with Crippen LogP contribution in [0.4, 0.5) is 0 Å². The Morgan fingerprint density at radius 3 is 0.625 bits per heavy atom. The van der Waals surface area contributed by atoms with Crippen LogP contribution in [0, 0.1) is 41.5 Å². The number of aryl methyl sites for hydroxylation is 6. The van der Waals surface area contributed by atoms with Gasteiger partial charge in [-0.1, -0.05) is 129 Å². The molecule has 0 N–H and O–H groups in total. The number of allylic oxidation sites excluding steroid dienone is 16. The van der Waals surface area contributed by atoms with E-state index in [4.69, 9.17) is 92.8 Å². The minimum atomic E-state index is -0.778.